The number of carboxylic acid groups (broad SMARTS) is 1. The number of nitrogens with zero attached hydrogens (tertiary/aromatic N) is 2. The molecule has 0 fully saturated rings. The Balaban J connectivity index is 1.34. The van der Waals surface area contributed by atoms with Crippen molar-refractivity contribution in [2.45, 2.75) is 75.9 Å². The third kappa shape index (κ3) is 8.95. The Kier molecular flexibility index (Phi) is 11.9. The maximum Gasteiger partial charge on any atom is 0.412 e. The third-order valence-corrected chi connectivity index (χ3v) is 8.24. The molecule has 0 aliphatic rings. The number of thioether (sulfide) groups is 1. The van der Waals surface area contributed by atoms with Gasteiger partial charge >= 0.3 is 6.09 Å². The number of hydrogen-bond acceptors (Lipinski definition) is 3. The topological polar surface area (TPSA) is 69.2 Å². The number of rotatable bonds is 16. The zero-order chi connectivity index (χ0) is 28.9. The van der Waals surface area contributed by atoms with E-state index in [9.17, 15) is 14.3 Å². The van der Waals surface area contributed by atoms with Crippen LogP contribution in [0.1, 0.15) is 64.7 Å². The molecule has 5 nitrogen and oxygen atoms in total. The molecule has 41 heavy (non-hydrogen) atoms. The van der Waals surface area contributed by atoms with E-state index in [-0.39, 0.29) is 11.9 Å². The van der Waals surface area contributed by atoms with E-state index >= 15 is 0 Å². The van der Waals surface area contributed by atoms with Gasteiger partial charge in [-0.05, 0) is 43.5 Å². The van der Waals surface area contributed by atoms with Gasteiger partial charge in [0.25, 0.3) is 0 Å². The number of hydrogen-bond donors (Lipinski definition) is 2. The smallest absolute Gasteiger partial charge is 0.412 e. The summed E-state index contributed by atoms with van der Waals surface area (Å²) in [5, 5.41) is 11.0. The minimum atomic E-state index is -0.978. The first-order valence-corrected chi connectivity index (χ1v) is 15.7. The average molecular weight is 574 g/mol. The van der Waals surface area contributed by atoms with E-state index in [0.29, 0.717) is 5.69 Å². The van der Waals surface area contributed by atoms with Crippen molar-refractivity contribution in [2.24, 2.45) is 0 Å². The number of unbranched alkanes of at least 4 members (excludes halogenated alkanes) is 5. The lowest BCUT2D eigenvalue weighted by atomic mass is 9.99. The van der Waals surface area contributed by atoms with Gasteiger partial charge in [-0.1, -0.05) is 118 Å². The Bertz CT molecular complexity index is 1270. The molecule has 1 amide bonds. The number of aromatic amines is 1. The van der Waals surface area contributed by atoms with Gasteiger partial charge in [-0.25, -0.2) is 14.2 Å². The normalized spacial score (nSPS) is 11.9. The fourth-order valence-electron chi connectivity index (χ4n) is 5.15. The second-order valence-corrected chi connectivity index (χ2v) is 11.4. The molecule has 2 N–H and O–H groups in total. The van der Waals surface area contributed by atoms with Crippen molar-refractivity contribution in [3.05, 3.63) is 90.7 Å². The zero-order valence-corrected chi connectivity index (χ0v) is 24.6. The molecule has 1 heterocycles. The number of H-pyrrole nitrogens is 1. The SMILES string of the molecule is CCCCCCC(CCCCCSc1nc(-c2ccccc2)c(-c2ccccc2)[nH]1)N(C(=O)O)c1ccc(F)cc1. The van der Waals surface area contributed by atoms with Crippen LogP contribution in [-0.4, -0.2) is 33.0 Å². The molecule has 4 aromatic rings. The van der Waals surface area contributed by atoms with Crippen LogP contribution in [0.3, 0.4) is 0 Å². The van der Waals surface area contributed by atoms with Gasteiger partial charge in [-0.15, -0.1) is 0 Å². The highest BCUT2D eigenvalue weighted by Gasteiger charge is 2.24. The van der Waals surface area contributed by atoms with Gasteiger partial charge in [0.1, 0.15) is 5.82 Å². The summed E-state index contributed by atoms with van der Waals surface area (Å²) in [4.78, 5) is 22.2. The van der Waals surface area contributed by atoms with E-state index in [4.69, 9.17) is 4.98 Å². The Morgan fingerprint density at radius 2 is 1.46 bits per heavy atom. The Morgan fingerprint density at radius 1 is 0.854 bits per heavy atom. The first-order valence-electron chi connectivity index (χ1n) is 14.7. The van der Waals surface area contributed by atoms with Crippen LogP contribution in [0.4, 0.5) is 14.9 Å². The highest BCUT2D eigenvalue weighted by atomic mass is 32.2. The fourth-order valence-corrected chi connectivity index (χ4v) is 6.03. The molecule has 0 aliphatic carbocycles. The Morgan fingerprint density at radius 3 is 2.07 bits per heavy atom. The van der Waals surface area contributed by atoms with Crippen LogP contribution in [-0.2, 0) is 0 Å². The average Bonchev–Trinajstić information content (AvgIpc) is 3.43. The Hall–Kier alpha value is -3.58. The lowest BCUT2D eigenvalue weighted by Gasteiger charge is -2.30. The Labute approximate surface area is 247 Å². The molecule has 0 saturated carbocycles. The van der Waals surface area contributed by atoms with Crippen LogP contribution in [0.2, 0.25) is 0 Å². The number of imidazole rings is 1. The summed E-state index contributed by atoms with van der Waals surface area (Å²) < 4.78 is 13.5. The summed E-state index contributed by atoms with van der Waals surface area (Å²) >= 11 is 1.73. The summed E-state index contributed by atoms with van der Waals surface area (Å²) in [6.45, 7) is 2.17. The molecule has 0 spiro atoms. The fraction of sp³-hybridized carbons (Fsp3) is 0.353. The maximum absolute atomic E-state index is 13.5. The summed E-state index contributed by atoms with van der Waals surface area (Å²) in [6.07, 6.45) is 7.96. The van der Waals surface area contributed by atoms with E-state index in [0.717, 1.165) is 91.2 Å². The number of carbonyl (C=O) groups is 1. The van der Waals surface area contributed by atoms with E-state index < -0.39 is 6.09 Å². The van der Waals surface area contributed by atoms with Crippen LogP contribution in [0, 0.1) is 5.82 Å². The lowest BCUT2D eigenvalue weighted by molar-refractivity contribution is 0.197. The van der Waals surface area contributed by atoms with Crippen LogP contribution in [0.15, 0.2) is 90.1 Å². The molecule has 216 valence electrons. The largest absolute Gasteiger partial charge is 0.465 e. The first-order chi connectivity index (χ1) is 20.1. The van der Waals surface area contributed by atoms with Gasteiger partial charge in [-0.2, -0.15) is 0 Å². The highest BCUT2D eigenvalue weighted by Crippen LogP contribution is 2.33. The van der Waals surface area contributed by atoms with E-state index in [1.54, 1.807) is 23.9 Å². The van der Waals surface area contributed by atoms with Crippen LogP contribution in [0.25, 0.3) is 22.5 Å². The predicted molar refractivity (Wildman–Crippen MR) is 168 cm³/mol. The standard InChI is InChI=1S/C34H40FN3O2S/c1-2-3-4-12-19-29(38(34(39)40)30-23-21-28(35)22-24-30)20-13-7-14-25-41-33-36-31(26-15-8-5-9-16-26)32(37-33)27-17-10-6-11-18-27/h5-6,8-11,15-18,21-24,29H,2-4,7,12-14,19-20,25H2,1H3,(H,36,37)(H,39,40). The maximum atomic E-state index is 13.5. The van der Waals surface area contributed by atoms with Crippen molar-refractivity contribution >= 4 is 23.5 Å². The molecular weight excluding hydrogens is 533 g/mol. The van der Waals surface area contributed by atoms with Gasteiger partial charge < -0.3 is 10.1 Å². The molecule has 0 bridgehead atoms. The summed E-state index contributed by atoms with van der Waals surface area (Å²) in [7, 11) is 0. The van der Waals surface area contributed by atoms with Crippen molar-refractivity contribution in [1.29, 1.82) is 0 Å². The second-order valence-electron chi connectivity index (χ2n) is 10.3. The van der Waals surface area contributed by atoms with Gasteiger partial charge in [-0.3, -0.25) is 4.90 Å². The lowest BCUT2D eigenvalue weighted by Crippen LogP contribution is -2.39. The van der Waals surface area contributed by atoms with Crippen LogP contribution >= 0.6 is 11.8 Å². The van der Waals surface area contributed by atoms with E-state index in [2.05, 4.69) is 36.2 Å². The van der Waals surface area contributed by atoms with Crippen molar-refractivity contribution in [3.8, 4) is 22.5 Å². The molecule has 3 aromatic carbocycles. The number of halogens is 1. The van der Waals surface area contributed by atoms with Gasteiger partial charge in [0, 0.05) is 28.6 Å². The minimum absolute atomic E-state index is 0.116. The van der Waals surface area contributed by atoms with Crippen molar-refractivity contribution in [2.75, 3.05) is 10.7 Å². The number of anilines is 1. The molecular formula is C34H40FN3O2S. The predicted octanol–water partition coefficient (Wildman–Crippen LogP) is 10.1. The second kappa shape index (κ2) is 16.0. The summed E-state index contributed by atoms with van der Waals surface area (Å²) in [5.41, 5.74) is 4.72. The molecule has 4 rings (SSSR count). The first kappa shape index (κ1) is 30.4. The van der Waals surface area contributed by atoms with E-state index in [1.165, 1.54) is 17.0 Å². The number of amides is 1. The number of benzene rings is 3. The number of nitrogens with one attached hydrogen (secondary N) is 1. The molecule has 0 saturated heterocycles. The van der Waals surface area contributed by atoms with Crippen molar-refractivity contribution < 1.29 is 14.3 Å². The van der Waals surface area contributed by atoms with Gasteiger partial charge in [0.2, 0.25) is 0 Å². The summed E-state index contributed by atoms with van der Waals surface area (Å²) in [6, 6.07) is 26.2. The molecule has 1 unspecified atom stereocenters. The molecule has 0 aliphatic heterocycles. The van der Waals surface area contributed by atoms with Crippen LogP contribution in [0.5, 0.6) is 0 Å². The van der Waals surface area contributed by atoms with Crippen molar-refractivity contribution in [1.82, 2.24) is 9.97 Å². The van der Waals surface area contributed by atoms with Gasteiger partial charge in [0.05, 0.1) is 11.4 Å². The zero-order valence-electron chi connectivity index (χ0n) is 23.8. The molecule has 1 aromatic heterocycles. The number of aromatic nitrogens is 2. The van der Waals surface area contributed by atoms with Crippen LogP contribution < -0.4 is 4.90 Å². The molecule has 1 atom stereocenters. The third-order valence-electron chi connectivity index (χ3n) is 7.28. The van der Waals surface area contributed by atoms with Crippen molar-refractivity contribution in [3.63, 3.8) is 0 Å². The van der Waals surface area contributed by atoms with E-state index in [1.807, 2.05) is 36.4 Å². The molecule has 0 radical (unpaired) electrons. The highest BCUT2D eigenvalue weighted by molar-refractivity contribution is 7.99. The van der Waals surface area contributed by atoms with Gasteiger partial charge in [0.15, 0.2) is 5.16 Å². The molecule has 7 heteroatoms. The minimum Gasteiger partial charge on any atom is -0.465 e. The monoisotopic (exact) mass is 573 g/mol. The quantitative estimate of drug-likeness (QED) is 0.103. The summed E-state index contributed by atoms with van der Waals surface area (Å²) in [5.74, 6) is 0.567.